The molecule has 0 saturated heterocycles. The minimum atomic E-state index is 0.0338. The molecule has 0 aliphatic heterocycles. The Morgan fingerprint density at radius 1 is 0.833 bits per heavy atom. The van der Waals surface area contributed by atoms with Crippen molar-refractivity contribution in [1.29, 1.82) is 0 Å². The SMILES string of the molecule is Cc1ccc(SCc2c(C(C)C)cc(C(C)C)c(CO)c2-c2ccc(Cl)cc2)cc1. The molecule has 0 atom stereocenters. The summed E-state index contributed by atoms with van der Waals surface area (Å²) in [6, 6.07) is 19.0. The summed E-state index contributed by atoms with van der Waals surface area (Å²) < 4.78 is 0. The maximum Gasteiger partial charge on any atom is 0.0690 e. The number of halogens is 1. The van der Waals surface area contributed by atoms with Crippen LogP contribution in [0.4, 0.5) is 0 Å². The Balaban J connectivity index is 2.20. The largest absolute Gasteiger partial charge is 0.392 e. The smallest absolute Gasteiger partial charge is 0.0690 e. The van der Waals surface area contributed by atoms with Crippen molar-refractivity contribution in [3.8, 4) is 11.1 Å². The summed E-state index contributed by atoms with van der Waals surface area (Å²) >= 11 is 8.03. The van der Waals surface area contributed by atoms with Crippen LogP contribution in [0.3, 0.4) is 0 Å². The molecule has 3 heteroatoms. The lowest BCUT2D eigenvalue weighted by atomic mass is 9.82. The highest BCUT2D eigenvalue weighted by molar-refractivity contribution is 7.98. The van der Waals surface area contributed by atoms with Gasteiger partial charge in [0, 0.05) is 15.7 Å². The number of thioether (sulfide) groups is 1. The Morgan fingerprint density at radius 2 is 1.40 bits per heavy atom. The quantitative estimate of drug-likeness (QED) is 0.374. The van der Waals surface area contributed by atoms with Crippen molar-refractivity contribution in [3.05, 3.63) is 87.4 Å². The first kappa shape index (κ1) is 22.9. The molecule has 3 rings (SSSR count). The number of rotatable bonds is 7. The van der Waals surface area contributed by atoms with Crippen molar-refractivity contribution in [2.45, 2.75) is 63.7 Å². The molecule has 0 radical (unpaired) electrons. The van der Waals surface area contributed by atoms with Crippen LogP contribution in [-0.2, 0) is 12.4 Å². The van der Waals surface area contributed by atoms with Crippen LogP contribution < -0.4 is 0 Å². The molecule has 0 fully saturated rings. The molecular weight excluding hydrogens is 408 g/mol. The highest BCUT2D eigenvalue weighted by atomic mass is 35.5. The molecule has 3 aromatic carbocycles. The molecule has 0 heterocycles. The predicted molar refractivity (Wildman–Crippen MR) is 132 cm³/mol. The molecule has 3 aromatic rings. The van der Waals surface area contributed by atoms with E-state index in [1.807, 2.05) is 23.9 Å². The number of aryl methyl sites for hydroxylation is 1. The van der Waals surface area contributed by atoms with E-state index < -0.39 is 0 Å². The summed E-state index contributed by atoms with van der Waals surface area (Å²) in [5.41, 5.74) is 8.50. The zero-order valence-electron chi connectivity index (χ0n) is 18.5. The molecule has 0 aliphatic rings. The second kappa shape index (κ2) is 10.0. The van der Waals surface area contributed by atoms with Crippen LogP contribution in [0.15, 0.2) is 59.5 Å². The van der Waals surface area contributed by atoms with Gasteiger partial charge in [0.05, 0.1) is 6.61 Å². The predicted octanol–water partition coefficient (Wildman–Crippen LogP) is 8.35. The summed E-state index contributed by atoms with van der Waals surface area (Å²) in [6.45, 7) is 11.1. The maximum absolute atomic E-state index is 10.4. The van der Waals surface area contributed by atoms with Crippen molar-refractivity contribution in [2.75, 3.05) is 0 Å². The zero-order valence-corrected chi connectivity index (χ0v) is 20.1. The second-order valence-corrected chi connectivity index (χ2v) is 9.95. The molecule has 1 N–H and O–H groups in total. The first-order valence-electron chi connectivity index (χ1n) is 10.6. The first-order chi connectivity index (χ1) is 14.3. The molecule has 158 valence electrons. The third kappa shape index (κ3) is 5.11. The van der Waals surface area contributed by atoms with E-state index in [0.717, 1.165) is 21.9 Å². The number of aliphatic hydroxyl groups is 1. The third-order valence-corrected chi connectivity index (χ3v) is 6.84. The molecule has 0 spiro atoms. The fourth-order valence-electron chi connectivity index (χ4n) is 3.92. The van der Waals surface area contributed by atoms with E-state index in [1.165, 1.54) is 32.7 Å². The lowest BCUT2D eigenvalue weighted by Gasteiger charge is -2.25. The van der Waals surface area contributed by atoms with Gasteiger partial charge in [0.15, 0.2) is 0 Å². The van der Waals surface area contributed by atoms with Gasteiger partial charge in [-0.2, -0.15) is 0 Å². The minimum Gasteiger partial charge on any atom is -0.392 e. The normalized spacial score (nSPS) is 11.5. The highest BCUT2D eigenvalue weighted by Crippen LogP contribution is 2.41. The summed E-state index contributed by atoms with van der Waals surface area (Å²) in [5, 5.41) is 11.1. The van der Waals surface area contributed by atoms with Crippen LogP contribution in [0.2, 0.25) is 5.02 Å². The van der Waals surface area contributed by atoms with Crippen molar-refractivity contribution in [3.63, 3.8) is 0 Å². The van der Waals surface area contributed by atoms with E-state index in [1.54, 1.807) is 0 Å². The van der Waals surface area contributed by atoms with Gasteiger partial charge in [-0.15, -0.1) is 11.8 Å². The Labute approximate surface area is 190 Å². The Kier molecular flexibility index (Phi) is 7.68. The first-order valence-corrected chi connectivity index (χ1v) is 11.9. The van der Waals surface area contributed by atoms with Crippen LogP contribution in [0.5, 0.6) is 0 Å². The van der Waals surface area contributed by atoms with Gasteiger partial charge in [-0.05, 0) is 76.4 Å². The fraction of sp³-hybridized carbons (Fsp3) is 0.333. The molecule has 0 aromatic heterocycles. The number of hydrogen-bond acceptors (Lipinski definition) is 2. The number of aliphatic hydroxyl groups excluding tert-OH is 1. The van der Waals surface area contributed by atoms with Crippen molar-refractivity contribution < 1.29 is 5.11 Å². The molecule has 1 nitrogen and oxygen atoms in total. The van der Waals surface area contributed by atoms with Crippen LogP contribution in [0.25, 0.3) is 11.1 Å². The summed E-state index contributed by atoms with van der Waals surface area (Å²) in [5.74, 6) is 1.60. The van der Waals surface area contributed by atoms with Crippen LogP contribution in [0, 0.1) is 6.92 Å². The Bertz CT molecular complexity index is 989. The van der Waals surface area contributed by atoms with Crippen molar-refractivity contribution >= 4 is 23.4 Å². The van der Waals surface area contributed by atoms with E-state index >= 15 is 0 Å². The maximum atomic E-state index is 10.4. The topological polar surface area (TPSA) is 20.2 Å². The van der Waals surface area contributed by atoms with Crippen LogP contribution >= 0.6 is 23.4 Å². The molecule has 0 bridgehead atoms. The van der Waals surface area contributed by atoms with Crippen molar-refractivity contribution in [1.82, 2.24) is 0 Å². The van der Waals surface area contributed by atoms with E-state index in [4.69, 9.17) is 11.6 Å². The average molecular weight is 439 g/mol. The summed E-state index contributed by atoms with van der Waals surface area (Å²) in [7, 11) is 0. The van der Waals surface area contributed by atoms with E-state index in [2.05, 4.69) is 77.1 Å². The number of hydrogen-bond donors (Lipinski definition) is 1. The lowest BCUT2D eigenvalue weighted by Crippen LogP contribution is -2.08. The van der Waals surface area contributed by atoms with Gasteiger partial charge in [0.25, 0.3) is 0 Å². The molecule has 0 saturated carbocycles. The standard InChI is InChI=1S/C27H31ClOS/c1-17(2)23-14-24(18(3)4)26(16-30-22-12-6-19(5)7-13-22)27(25(23)15-29)20-8-10-21(28)11-9-20/h6-14,17-18,29H,15-16H2,1-5H3. The van der Waals surface area contributed by atoms with Gasteiger partial charge in [-0.25, -0.2) is 0 Å². The van der Waals surface area contributed by atoms with E-state index in [9.17, 15) is 5.11 Å². The van der Waals surface area contributed by atoms with Gasteiger partial charge in [0.1, 0.15) is 0 Å². The monoisotopic (exact) mass is 438 g/mol. The van der Waals surface area contributed by atoms with Gasteiger partial charge >= 0.3 is 0 Å². The van der Waals surface area contributed by atoms with E-state index in [0.29, 0.717) is 11.8 Å². The number of benzene rings is 3. The molecule has 0 amide bonds. The lowest BCUT2D eigenvalue weighted by molar-refractivity contribution is 0.280. The second-order valence-electron chi connectivity index (χ2n) is 8.46. The molecule has 30 heavy (non-hydrogen) atoms. The van der Waals surface area contributed by atoms with Gasteiger partial charge in [0.2, 0.25) is 0 Å². The molecular formula is C27H31ClOS. The zero-order chi connectivity index (χ0) is 21.8. The van der Waals surface area contributed by atoms with Gasteiger partial charge in [-0.3, -0.25) is 0 Å². The van der Waals surface area contributed by atoms with Crippen LogP contribution in [-0.4, -0.2) is 5.11 Å². The minimum absolute atomic E-state index is 0.0338. The molecule has 0 aliphatic carbocycles. The summed E-state index contributed by atoms with van der Waals surface area (Å²) in [4.78, 5) is 1.26. The Hall–Kier alpha value is -1.74. The fourth-order valence-corrected chi connectivity index (χ4v) is 5.00. The van der Waals surface area contributed by atoms with Gasteiger partial charge in [-0.1, -0.05) is 75.2 Å². The molecule has 0 unspecified atom stereocenters. The summed E-state index contributed by atoms with van der Waals surface area (Å²) in [6.07, 6.45) is 0. The van der Waals surface area contributed by atoms with Crippen LogP contribution in [0.1, 0.15) is 67.3 Å². The Morgan fingerprint density at radius 3 is 1.93 bits per heavy atom. The average Bonchev–Trinajstić information content (AvgIpc) is 2.72. The van der Waals surface area contributed by atoms with Crippen molar-refractivity contribution in [2.24, 2.45) is 0 Å². The highest BCUT2D eigenvalue weighted by Gasteiger charge is 2.22. The van der Waals surface area contributed by atoms with E-state index in [-0.39, 0.29) is 6.61 Å². The van der Waals surface area contributed by atoms with Gasteiger partial charge < -0.3 is 5.11 Å². The third-order valence-electron chi connectivity index (χ3n) is 5.55.